The molecule has 0 radical (unpaired) electrons. The summed E-state index contributed by atoms with van der Waals surface area (Å²) in [5.74, 6) is 0.706. The van der Waals surface area contributed by atoms with Crippen LogP contribution in [0, 0.1) is 0 Å². The topological polar surface area (TPSA) is 60.3 Å². The highest BCUT2D eigenvalue weighted by atomic mass is 16.5. The first-order chi connectivity index (χ1) is 12.1. The average Bonchev–Trinajstić information content (AvgIpc) is 2.97. The minimum Gasteiger partial charge on any atom is -0.494 e. The van der Waals surface area contributed by atoms with Crippen LogP contribution in [-0.2, 0) is 11.3 Å². The van der Waals surface area contributed by atoms with Crippen LogP contribution in [0.1, 0.15) is 24.2 Å². The number of ketones is 1. The number of Topliss-reactive ketones (excluding diaryl/α,β-unsaturated/α-hetero) is 1. The molecular weight excluding hydrogens is 316 g/mol. The van der Waals surface area contributed by atoms with E-state index in [1.165, 1.54) is 6.92 Å². The molecule has 0 atom stereocenters. The zero-order chi connectivity index (χ0) is 17.8. The van der Waals surface area contributed by atoms with Gasteiger partial charge in [-0.1, -0.05) is 0 Å². The number of hydrogen-bond acceptors (Lipinski definition) is 3. The van der Waals surface area contributed by atoms with Gasteiger partial charge in [-0.15, -0.1) is 0 Å². The van der Waals surface area contributed by atoms with Gasteiger partial charge in [0.25, 0.3) is 0 Å². The van der Waals surface area contributed by atoms with E-state index in [1.807, 2.05) is 42.0 Å². The predicted molar refractivity (Wildman–Crippen MR) is 98.2 cm³/mol. The number of fused-ring (bicyclic) bond motifs is 1. The highest BCUT2D eigenvalue weighted by Gasteiger charge is 2.10. The molecule has 5 nitrogen and oxygen atoms in total. The minimum absolute atomic E-state index is 0.0146. The summed E-state index contributed by atoms with van der Waals surface area (Å²) < 4.78 is 7.43. The second kappa shape index (κ2) is 7.21. The van der Waals surface area contributed by atoms with Crippen molar-refractivity contribution in [3.8, 4) is 5.75 Å². The smallest absolute Gasteiger partial charge is 0.221 e. The summed E-state index contributed by atoms with van der Waals surface area (Å²) in [7, 11) is 0. The van der Waals surface area contributed by atoms with Crippen molar-refractivity contribution in [2.45, 2.75) is 20.4 Å². The Morgan fingerprint density at radius 2 is 1.84 bits per heavy atom. The summed E-state index contributed by atoms with van der Waals surface area (Å²) in [5, 5.41) is 3.73. The maximum Gasteiger partial charge on any atom is 0.221 e. The van der Waals surface area contributed by atoms with Gasteiger partial charge in [-0.3, -0.25) is 9.59 Å². The summed E-state index contributed by atoms with van der Waals surface area (Å²) in [6.07, 6.45) is 1.91. The van der Waals surface area contributed by atoms with Crippen molar-refractivity contribution in [1.29, 1.82) is 0 Å². The van der Waals surface area contributed by atoms with Gasteiger partial charge >= 0.3 is 0 Å². The van der Waals surface area contributed by atoms with Crippen molar-refractivity contribution in [3.05, 3.63) is 60.3 Å². The van der Waals surface area contributed by atoms with Crippen LogP contribution in [0.4, 0.5) is 5.69 Å². The molecule has 1 heterocycles. The first-order valence-corrected chi connectivity index (χ1v) is 8.19. The third-order valence-corrected chi connectivity index (χ3v) is 3.89. The molecule has 5 heteroatoms. The highest BCUT2D eigenvalue weighted by molar-refractivity contribution is 5.97. The first-order valence-electron chi connectivity index (χ1n) is 8.19. The van der Waals surface area contributed by atoms with Crippen LogP contribution in [0.25, 0.3) is 10.9 Å². The fraction of sp³-hybridized carbons (Fsp3) is 0.200. The van der Waals surface area contributed by atoms with Gasteiger partial charge in [-0.25, -0.2) is 0 Å². The number of nitrogens with zero attached hydrogens (tertiary/aromatic N) is 1. The zero-order valence-corrected chi connectivity index (χ0v) is 14.3. The normalized spacial score (nSPS) is 10.6. The van der Waals surface area contributed by atoms with E-state index in [9.17, 15) is 9.59 Å². The number of aromatic nitrogens is 1. The van der Waals surface area contributed by atoms with Crippen LogP contribution >= 0.6 is 0 Å². The van der Waals surface area contributed by atoms with Crippen molar-refractivity contribution in [1.82, 2.24) is 4.57 Å². The molecule has 0 saturated carbocycles. The molecule has 0 aliphatic heterocycles. The Bertz CT molecular complexity index is 910. The monoisotopic (exact) mass is 336 g/mol. The number of carbonyl (C=O) groups excluding carboxylic acids is 2. The largest absolute Gasteiger partial charge is 0.494 e. The van der Waals surface area contributed by atoms with E-state index in [4.69, 9.17) is 4.74 Å². The van der Waals surface area contributed by atoms with Gasteiger partial charge in [-0.05, 0) is 55.5 Å². The molecule has 3 aromatic rings. The summed E-state index contributed by atoms with van der Waals surface area (Å²) >= 11 is 0. The van der Waals surface area contributed by atoms with E-state index in [1.54, 1.807) is 24.3 Å². The quantitative estimate of drug-likeness (QED) is 0.695. The van der Waals surface area contributed by atoms with Gasteiger partial charge in [-0.2, -0.15) is 0 Å². The molecule has 0 unspecified atom stereocenters. The number of nitrogens with one attached hydrogen (secondary N) is 1. The second-order valence-corrected chi connectivity index (χ2v) is 5.78. The third-order valence-electron chi connectivity index (χ3n) is 3.89. The van der Waals surface area contributed by atoms with Crippen molar-refractivity contribution >= 4 is 28.3 Å². The van der Waals surface area contributed by atoms with Crippen LogP contribution in [0.15, 0.2) is 54.7 Å². The number of hydrogen-bond donors (Lipinski definition) is 1. The van der Waals surface area contributed by atoms with Gasteiger partial charge in [0.05, 0.1) is 13.2 Å². The third kappa shape index (κ3) is 3.88. The Morgan fingerprint density at radius 1 is 1.08 bits per heavy atom. The fourth-order valence-corrected chi connectivity index (χ4v) is 2.76. The number of rotatable bonds is 6. The van der Waals surface area contributed by atoms with Crippen LogP contribution in [0.2, 0.25) is 0 Å². The van der Waals surface area contributed by atoms with Crippen molar-refractivity contribution in [2.75, 3.05) is 11.9 Å². The minimum atomic E-state index is -0.135. The summed E-state index contributed by atoms with van der Waals surface area (Å²) in [6.45, 7) is 4.29. The highest BCUT2D eigenvalue weighted by Crippen LogP contribution is 2.22. The summed E-state index contributed by atoms with van der Waals surface area (Å²) in [6, 6.07) is 14.8. The summed E-state index contributed by atoms with van der Waals surface area (Å²) in [4.78, 5) is 23.6. The van der Waals surface area contributed by atoms with Crippen molar-refractivity contribution < 1.29 is 14.3 Å². The van der Waals surface area contributed by atoms with Crippen LogP contribution in [0.3, 0.4) is 0 Å². The average molecular weight is 336 g/mol. The second-order valence-electron chi connectivity index (χ2n) is 5.78. The number of ether oxygens (including phenoxy) is 1. The van der Waals surface area contributed by atoms with E-state index < -0.39 is 0 Å². The molecule has 0 saturated heterocycles. The Morgan fingerprint density at radius 3 is 2.52 bits per heavy atom. The molecule has 3 rings (SSSR count). The molecule has 0 spiro atoms. The molecule has 2 aromatic carbocycles. The molecular formula is C20H20N2O3. The lowest BCUT2D eigenvalue weighted by Crippen LogP contribution is -2.10. The number of carbonyl (C=O) groups is 2. The molecule has 0 fully saturated rings. The van der Waals surface area contributed by atoms with E-state index in [0.29, 0.717) is 17.9 Å². The lowest BCUT2D eigenvalue weighted by Gasteiger charge is -2.07. The van der Waals surface area contributed by atoms with Gasteiger partial charge < -0.3 is 14.6 Å². The van der Waals surface area contributed by atoms with Crippen molar-refractivity contribution in [3.63, 3.8) is 0 Å². The number of amides is 1. The van der Waals surface area contributed by atoms with Crippen molar-refractivity contribution in [2.24, 2.45) is 0 Å². The van der Waals surface area contributed by atoms with E-state index in [0.717, 1.165) is 16.7 Å². The molecule has 0 aliphatic carbocycles. The maximum atomic E-state index is 12.5. The Hall–Kier alpha value is -3.08. The molecule has 1 aromatic heterocycles. The Kier molecular flexibility index (Phi) is 4.84. The lowest BCUT2D eigenvalue weighted by atomic mass is 10.1. The molecule has 1 amide bonds. The van der Waals surface area contributed by atoms with E-state index >= 15 is 0 Å². The zero-order valence-electron chi connectivity index (χ0n) is 14.3. The number of benzene rings is 2. The maximum absolute atomic E-state index is 12.5. The molecule has 25 heavy (non-hydrogen) atoms. The standard InChI is InChI=1S/C20H20N2O3/c1-3-25-18-8-9-19-16(12-18)10-11-22(19)13-20(24)15-4-6-17(7-5-15)21-14(2)23/h4-12H,3,13H2,1-2H3,(H,21,23). The Balaban J connectivity index is 1.76. The molecule has 0 aliphatic rings. The predicted octanol–water partition coefficient (Wildman–Crippen LogP) is 3.88. The van der Waals surface area contributed by atoms with Crippen LogP contribution < -0.4 is 10.1 Å². The van der Waals surface area contributed by atoms with Gasteiger partial charge in [0, 0.05) is 35.3 Å². The summed E-state index contributed by atoms with van der Waals surface area (Å²) in [5.41, 5.74) is 2.28. The molecule has 0 bridgehead atoms. The SMILES string of the molecule is CCOc1ccc2c(ccn2CC(=O)c2ccc(NC(C)=O)cc2)c1. The Labute approximate surface area is 146 Å². The van der Waals surface area contributed by atoms with Gasteiger partial charge in [0.2, 0.25) is 5.91 Å². The lowest BCUT2D eigenvalue weighted by molar-refractivity contribution is -0.114. The van der Waals surface area contributed by atoms with Crippen LogP contribution in [-0.4, -0.2) is 22.9 Å². The van der Waals surface area contributed by atoms with Gasteiger partial charge in [0.1, 0.15) is 5.75 Å². The van der Waals surface area contributed by atoms with E-state index in [2.05, 4.69) is 5.32 Å². The fourth-order valence-electron chi connectivity index (χ4n) is 2.76. The molecule has 128 valence electrons. The van der Waals surface area contributed by atoms with Crippen LogP contribution in [0.5, 0.6) is 5.75 Å². The number of anilines is 1. The first kappa shape index (κ1) is 16.8. The van der Waals surface area contributed by atoms with E-state index in [-0.39, 0.29) is 18.2 Å². The molecule has 1 N–H and O–H groups in total. The van der Waals surface area contributed by atoms with Gasteiger partial charge in [0.15, 0.2) is 5.78 Å².